The molecular formula is C19H20ClN5O2S. The molecule has 0 bridgehead atoms. The monoisotopic (exact) mass is 417 g/mol. The van der Waals surface area contributed by atoms with Crippen molar-refractivity contribution in [1.82, 2.24) is 4.98 Å². The SMILES string of the molecule is CC=C(C=CCC(=O)Nc1ccsc1C(=O)Nc1ccc(Cl)cn1)C(N)=NC. The van der Waals surface area contributed by atoms with Crippen LogP contribution in [0.15, 0.2) is 58.6 Å². The smallest absolute Gasteiger partial charge is 0.269 e. The molecule has 0 unspecified atom stereocenters. The quantitative estimate of drug-likeness (QED) is 0.361. The first-order chi connectivity index (χ1) is 13.4. The molecule has 28 heavy (non-hydrogen) atoms. The van der Waals surface area contributed by atoms with Crippen molar-refractivity contribution in [2.45, 2.75) is 13.3 Å². The van der Waals surface area contributed by atoms with Crippen molar-refractivity contribution in [3.05, 3.63) is 63.5 Å². The highest BCUT2D eigenvalue weighted by Crippen LogP contribution is 2.24. The number of amides is 2. The molecule has 0 saturated heterocycles. The van der Waals surface area contributed by atoms with E-state index in [2.05, 4.69) is 20.6 Å². The molecule has 7 nitrogen and oxygen atoms in total. The van der Waals surface area contributed by atoms with E-state index in [1.165, 1.54) is 17.5 Å². The van der Waals surface area contributed by atoms with E-state index in [0.717, 1.165) is 5.57 Å². The zero-order valence-electron chi connectivity index (χ0n) is 15.4. The number of allylic oxidation sites excluding steroid dienone is 1. The molecule has 0 spiro atoms. The van der Waals surface area contributed by atoms with E-state index in [9.17, 15) is 9.59 Å². The van der Waals surface area contributed by atoms with Gasteiger partial charge < -0.3 is 16.4 Å². The molecule has 2 aromatic rings. The standard InChI is InChI=1S/C19H20ClN5O2S/c1-3-12(18(21)22-2)5-4-6-16(26)24-14-9-10-28-17(14)19(27)25-15-8-7-13(20)11-23-15/h3-5,7-11H,6H2,1-2H3,(H2,21,22)(H,24,26)(H,23,25,27). The Morgan fingerprint density at radius 3 is 2.75 bits per heavy atom. The molecule has 0 aliphatic rings. The molecule has 0 atom stereocenters. The number of aromatic nitrogens is 1. The lowest BCUT2D eigenvalue weighted by Gasteiger charge is -2.07. The largest absolute Gasteiger partial charge is 0.384 e. The number of nitrogens with one attached hydrogen (secondary N) is 2. The van der Waals surface area contributed by atoms with Crippen molar-refractivity contribution in [3.8, 4) is 0 Å². The van der Waals surface area contributed by atoms with Crippen LogP contribution in [0, 0.1) is 0 Å². The number of rotatable bonds is 7. The van der Waals surface area contributed by atoms with Crippen molar-refractivity contribution in [1.29, 1.82) is 0 Å². The highest BCUT2D eigenvalue weighted by atomic mass is 35.5. The highest BCUT2D eigenvalue weighted by molar-refractivity contribution is 7.12. The van der Waals surface area contributed by atoms with Gasteiger partial charge in [0.2, 0.25) is 5.91 Å². The zero-order chi connectivity index (χ0) is 20.5. The molecule has 0 aliphatic carbocycles. The maximum Gasteiger partial charge on any atom is 0.269 e. The minimum Gasteiger partial charge on any atom is -0.384 e. The fourth-order valence-electron chi connectivity index (χ4n) is 2.16. The summed E-state index contributed by atoms with van der Waals surface area (Å²) in [5, 5.41) is 7.61. The van der Waals surface area contributed by atoms with E-state index in [1.807, 2.05) is 13.0 Å². The number of carbonyl (C=O) groups excluding carboxylic acids is 2. The summed E-state index contributed by atoms with van der Waals surface area (Å²) in [7, 11) is 1.60. The number of pyridine rings is 1. The highest BCUT2D eigenvalue weighted by Gasteiger charge is 2.15. The molecule has 9 heteroatoms. The minimum atomic E-state index is -0.362. The van der Waals surface area contributed by atoms with E-state index in [4.69, 9.17) is 17.3 Å². The Labute approximate surface area is 172 Å². The topological polar surface area (TPSA) is 109 Å². The van der Waals surface area contributed by atoms with E-state index in [0.29, 0.717) is 27.2 Å². The Bertz CT molecular complexity index is 932. The Hall–Kier alpha value is -2.97. The van der Waals surface area contributed by atoms with Crippen molar-refractivity contribution < 1.29 is 9.59 Å². The molecule has 0 saturated carbocycles. The van der Waals surface area contributed by atoms with Gasteiger partial charge in [-0.15, -0.1) is 11.3 Å². The Morgan fingerprint density at radius 2 is 2.11 bits per heavy atom. The first-order valence-corrected chi connectivity index (χ1v) is 9.56. The van der Waals surface area contributed by atoms with Crippen LogP contribution in [0.3, 0.4) is 0 Å². The van der Waals surface area contributed by atoms with Gasteiger partial charge in [-0.05, 0) is 30.5 Å². The van der Waals surface area contributed by atoms with Gasteiger partial charge in [0, 0.05) is 25.2 Å². The molecule has 146 valence electrons. The minimum absolute atomic E-state index is 0.129. The molecule has 0 aliphatic heterocycles. The number of aliphatic imine (C=N–C) groups is 1. The first-order valence-electron chi connectivity index (χ1n) is 8.30. The molecule has 4 N–H and O–H groups in total. The number of nitrogens with zero attached hydrogens (tertiary/aromatic N) is 2. The number of nitrogens with two attached hydrogens (primary N) is 1. The summed E-state index contributed by atoms with van der Waals surface area (Å²) in [6.45, 7) is 1.84. The van der Waals surface area contributed by atoms with Crippen LogP contribution < -0.4 is 16.4 Å². The van der Waals surface area contributed by atoms with E-state index < -0.39 is 0 Å². The van der Waals surface area contributed by atoms with Gasteiger partial charge in [-0.2, -0.15) is 0 Å². The van der Waals surface area contributed by atoms with Crippen LogP contribution in [0.5, 0.6) is 0 Å². The Balaban J connectivity index is 1.98. The number of thiophene rings is 1. The van der Waals surface area contributed by atoms with Gasteiger partial charge in [0.15, 0.2) is 0 Å². The van der Waals surface area contributed by atoms with Crippen LogP contribution in [-0.4, -0.2) is 29.7 Å². The summed E-state index contributed by atoms with van der Waals surface area (Å²) in [4.78, 5) is 32.9. The van der Waals surface area contributed by atoms with Gasteiger partial charge >= 0.3 is 0 Å². The van der Waals surface area contributed by atoms with Crippen LogP contribution in [0.2, 0.25) is 5.02 Å². The number of carbonyl (C=O) groups is 2. The molecule has 2 aromatic heterocycles. The molecule has 0 radical (unpaired) electrons. The lowest BCUT2D eigenvalue weighted by atomic mass is 10.2. The van der Waals surface area contributed by atoms with E-state index >= 15 is 0 Å². The normalized spacial score (nSPS) is 12.2. The molecular weight excluding hydrogens is 398 g/mol. The number of hydrogen-bond donors (Lipinski definition) is 3. The summed E-state index contributed by atoms with van der Waals surface area (Å²) in [5.41, 5.74) is 6.93. The zero-order valence-corrected chi connectivity index (χ0v) is 17.0. The van der Waals surface area contributed by atoms with Crippen molar-refractivity contribution in [3.63, 3.8) is 0 Å². The second-order valence-electron chi connectivity index (χ2n) is 5.49. The molecule has 2 rings (SSSR count). The van der Waals surface area contributed by atoms with E-state index in [-0.39, 0.29) is 18.2 Å². The molecule has 0 fully saturated rings. The van der Waals surface area contributed by atoms with Crippen LogP contribution in [-0.2, 0) is 4.79 Å². The summed E-state index contributed by atoms with van der Waals surface area (Å²) in [6.07, 6.45) is 6.80. The second-order valence-corrected chi connectivity index (χ2v) is 6.84. The third kappa shape index (κ3) is 6.04. The van der Waals surface area contributed by atoms with Crippen molar-refractivity contribution >= 4 is 52.1 Å². The lowest BCUT2D eigenvalue weighted by molar-refractivity contribution is -0.115. The molecule has 2 amide bonds. The predicted molar refractivity (Wildman–Crippen MR) is 115 cm³/mol. The van der Waals surface area contributed by atoms with Crippen LogP contribution in [0.25, 0.3) is 0 Å². The van der Waals surface area contributed by atoms with Crippen molar-refractivity contribution in [2.24, 2.45) is 10.7 Å². The van der Waals surface area contributed by atoms with Gasteiger partial charge in [0.25, 0.3) is 5.91 Å². The van der Waals surface area contributed by atoms with Gasteiger partial charge in [-0.3, -0.25) is 14.6 Å². The number of hydrogen-bond acceptors (Lipinski definition) is 5. The number of anilines is 2. The average Bonchev–Trinajstić information content (AvgIpc) is 3.14. The summed E-state index contributed by atoms with van der Waals surface area (Å²) in [5.74, 6) is 0.151. The van der Waals surface area contributed by atoms with E-state index in [1.54, 1.807) is 42.8 Å². The lowest BCUT2D eigenvalue weighted by Crippen LogP contribution is -2.16. The summed E-state index contributed by atoms with van der Waals surface area (Å²) >= 11 is 7.00. The fourth-order valence-corrected chi connectivity index (χ4v) is 3.02. The third-order valence-electron chi connectivity index (χ3n) is 3.56. The second kappa shape index (κ2) is 10.4. The van der Waals surface area contributed by atoms with Crippen LogP contribution >= 0.6 is 22.9 Å². The van der Waals surface area contributed by atoms with Gasteiger partial charge in [0.1, 0.15) is 16.5 Å². The number of halogens is 1. The molecule has 0 aromatic carbocycles. The number of amidine groups is 1. The van der Waals surface area contributed by atoms with Gasteiger partial charge in [-0.1, -0.05) is 29.8 Å². The Kier molecular flexibility index (Phi) is 7.91. The maximum atomic E-state index is 12.4. The predicted octanol–water partition coefficient (Wildman–Crippen LogP) is 3.87. The average molecular weight is 418 g/mol. The maximum absolute atomic E-state index is 12.4. The van der Waals surface area contributed by atoms with Crippen molar-refractivity contribution in [2.75, 3.05) is 17.7 Å². The summed E-state index contributed by atoms with van der Waals surface area (Å²) < 4.78 is 0. The summed E-state index contributed by atoms with van der Waals surface area (Å²) in [6, 6.07) is 4.90. The van der Waals surface area contributed by atoms with Gasteiger partial charge in [-0.25, -0.2) is 4.98 Å². The van der Waals surface area contributed by atoms with Crippen LogP contribution in [0.1, 0.15) is 23.0 Å². The Morgan fingerprint density at radius 1 is 1.32 bits per heavy atom. The third-order valence-corrected chi connectivity index (χ3v) is 4.70. The first kappa shape index (κ1) is 21.3. The molecule has 2 heterocycles. The fraction of sp³-hybridized carbons (Fsp3) is 0.158. The van der Waals surface area contributed by atoms with Gasteiger partial charge in [0.05, 0.1) is 10.7 Å². The van der Waals surface area contributed by atoms with Crippen LogP contribution in [0.4, 0.5) is 11.5 Å².